The number of hydrogen-bond acceptors (Lipinski definition) is 1. The van der Waals surface area contributed by atoms with Crippen molar-refractivity contribution in [2.45, 2.75) is 32.6 Å². The van der Waals surface area contributed by atoms with Crippen LogP contribution in [-0.4, -0.2) is 13.2 Å². The molecule has 1 heterocycles. The molecular formula is C17H24O. The minimum absolute atomic E-state index is 0.828. The van der Waals surface area contributed by atoms with Crippen LogP contribution in [0.25, 0.3) is 6.08 Å². The number of allylic oxidation sites excluding steroid dienone is 1. The van der Waals surface area contributed by atoms with Crippen LogP contribution in [0.5, 0.6) is 0 Å². The molecule has 0 spiro atoms. The van der Waals surface area contributed by atoms with Gasteiger partial charge in [0.05, 0.1) is 0 Å². The van der Waals surface area contributed by atoms with E-state index in [1.165, 1.54) is 31.2 Å². The summed E-state index contributed by atoms with van der Waals surface area (Å²) in [6, 6.07) is 10.6. The van der Waals surface area contributed by atoms with Crippen molar-refractivity contribution >= 4 is 6.08 Å². The maximum atomic E-state index is 5.45. The zero-order valence-corrected chi connectivity index (χ0v) is 11.3. The van der Waals surface area contributed by atoms with Crippen molar-refractivity contribution in [2.24, 2.45) is 11.8 Å². The first-order valence-electron chi connectivity index (χ1n) is 7.19. The molecule has 0 aromatic heterocycles. The van der Waals surface area contributed by atoms with Crippen LogP contribution in [0, 0.1) is 11.8 Å². The molecule has 98 valence electrons. The first-order valence-corrected chi connectivity index (χ1v) is 7.19. The van der Waals surface area contributed by atoms with E-state index in [4.69, 9.17) is 4.74 Å². The van der Waals surface area contributed by atoms with Crippen molar-refractivity contribution in [1.29, 1.82) is 0 Å². The summed E-state index contributed by atoms with van der Waals surface area (Å²) in [6.07, 6.45) is 9.58. The van der Waals surface area contributed by atoms with E-state index < -0.39 is 0 Å². The largest absolute Gasteiger partial charge is 0.381 e. The molecular weight excluding hydrogens is 220 g/mol. The van der Waals surface area contributed by atoms with E-state index in [0.717, 1.165) is 25.0 Å². The van der Waals surface area contributed by atoms with Gasteiger partial charge in [0.15, 0.2) is 0 Å². The molecule has 1 saturated heterocycles. The highest BCUT2D eigenvalue weighted by Crippen LogP contribution is 2.29. The minimum Gasteiger partial charge on any atom is -0.381 e. The van der Waals surface area contributed by atoms with Crippen LogP contribution >= 0.6 is 0 Å². The van der Waals surface area contributed by atoms with Crippen molar-refractivity contribution in [3.05, 3.63) is 42.0 Å². The second kappa shape index (κ2) is 7.38. The van der Waals surface area contributed by atoms with Crippen LogP contribution in [0.15, 0.2) is 36.4 Å². The van der Waals surface area contributed by atoms with Gasteiger partial charge < -0.3 is 4.74 Å². The number of hydrogen-bond donors (Lipinski definition) is 0. The molecule has 0 N–H and O–H groups in total. The lowest BCUT2D eigenvalue weighted by molar-refractivity contribution is 0.0463. The molecule has 1 heteroatoms. The van der Waals surface area contributed by atoms with Crippen LogP contribution in [0.1, 0.15) is 38.2 Å². The fourth-order valence-corrected chi connectivity index (χ4v) is 2.82. The lowest BCUT2D eigenvalue weighted by Gasteiger charge is -2.28. The molecule has 2 rings (SSSR count). The first kappa shape index (κ1) is 13.4. The van der Waals surface area contributed by atoms with Crippen LogP contribution in [0.3, 0.4) is 0 Å². The van der Waals surface area contributed by atoms with Crippen molar-refractivity contribution < 1.29 is 4.74 Å². The Kier molecular flexibility index (Phi) is 5.47. The predicted molar refractivity (Wildman–Crippen MR) is 77.4 cm³/mol. The third-order valence-electron chi connectivity index (χ3n) is 4.01. The predicted octanol–water partition coefficient (Wildman–Crippen LogP) is 4.54. The molecule has 0 aliphatic carbocycles. The second-order valence-corrected chi connectivity index (χ2v) is 5.17. The van der Waals surface area contributed by atoms with Crippen LogP contribution in [0.4, 0.5) is 0 Å². The number of benzene rings is 1. The topological polar surface area (TPSA) is 9.23 Å². The van der Waals surface area contributed by atoms with Gasteiger partial charge in [0.25, 0.3) is 0 Å². The van der Waals surface area contributed by atoms with Gasteiger partial charge in [0.2, 0.25) is 0 Å². The van der Waals surface area contributed by atoms with E-state index in [2.05, 4.69) is 49.4 Å². The van der Waals surface area contributed by atoms with Gasteiger partial charge in [-0.15, -0.1) is 0 Å². The molecule has 0 bridgehead atoms. The van der Waals surface area contributed by atoms with E-state index in [9.17, 15) is 0 Å². The van der Waals surface area contributed by atoms with Crippen molar-refractivity contribution in [3.63, 3.8) is 0 Å². The molecule has 1 aromatic carbocycles. The van der Waals surface area contributed by atoms with Crippen LogP contribution in [0.2, 0.25) is 0 Å². The summed E-state index contributed by atoms with van der Waals surface area (Å²) >= 11 is 0. The molecule has 0 saturated carbocycles. The Balaban J connectivity index is 1.84. The molecule has 1 aliphatic heterocycles. The Morgan fingerprint density at radius 2 is 1.94 bits per heavy atom. The summed E-state index contributed by atoms with van der Waals surface area (Å²) in [5.41, 5.74) is 1.30. The third kappa shape index (κ3) is 3.99. The quantitative estimate of drug-likeness (QED) is 0.738. The highest BCUT2D eigenvalue weighted by Gasteiger charge is 2.21. The average Bonchev–Trinajstić information content (AvgIpc) is 2.46. The maximum Gasteiger partial charge on any atom is 0.0468 e. The molecule has 1 fully saturated rings. The van der Waals surface area contributed by atoms with Gasteiger partial charge in [-0.3, -0.25) is 0 Å². The first-order chi connectivity index (χ1) is 8.90. The molecule has 1 atom stereocenters. The van der Waals surface area contributed by atoms with E-state index in [0.29, 0.717) is 0 Å². The minimum atomic E-state index is 0.828. The van der Waals surface area contributed by atoms with Gasteiger partial charge in [-0.05, 0) is 36.7 Å². The molecule has 0 amide bonds. The summed E-state index contributed by atoms with van der Waals surface area (Å²) in [4.78, 5) is 0. The summed E-state index contributed by atoms with van der Waals surface area (Å²) in [7, 11) is 0. The van der Waals surface area contributed by atoms with Gasteiger partial charge in [-0.1, -0.05) is 55.8 Å². The molecule has 1 nitrogen and oxygen atoms in total. The normalized spacial score (nSPS) is 19.2. The zero-order chi connectivity index (χ0) is 12.6. The SMILES string of the molecule is CCC(CC=Cc1ccccc1)C1CCOCC1. The molecule has 1 unspecified atom stereocenters. The monoisotopic (exact) mass is 244 g/mol. The van der Waals surface area contributed by atoms with Crippen LogP contribution in [-0.2, 0) is 4.74 Å². The summed E-state index contributed by atoms with van der Waals surface area (Å²) in [5.74, 6) is 1.69. The van der Waals surface area contributed by atoms with Crippen LogP contribution < -0.4 is 0 Å². The highest BCUT2D eigenvalue weighted by atomic mass is 16.5. The zero-order valence-electron chi connectivity index (χ0n) is 11.3. The third-order valence-corrected chi connectivity index (χ3v) is 4.01. The van der Waals surface area contributed by atoms with Gasteiger partial charge in [0, 0.05) is 13.2 Å². The molecule has 0 radical (unpaired) electrons. The lowest BCUT2D eigenvalue weighted by Crippen LogP contribution is -2.22. The molecule has 18 heavy (non-hydrogen) atoms. The fraction of sp³-hybridized carbons (Fsp3) is 0.529. The Bertz CT molecular complexity index is 349. The van der Waals surface area contributed by atoms with E-state index >= 15 is 0 Å². The Morgan fingerprint density at radius 3 is 2.61 bits per heavy atom. The smallest absolute Gasteiger partial charge is 0.0468 e. The van der Waals surface area contributed by atoms with Crippen molar-refractivity contribution in [3.8, 4) is 0 Å². The number of rotatable bonds is 5. The maximum absolute atomic E-state index is 5.45. The van der Waals surface area contributed by atoms with Crippen molar-refractivity contribution in [1.82, 2.24) is 0 Å². The van der Waals surface area contributed by atoms with Crippen molar-refractivity contribution in [2.75, 3.05) is 13.2 Å². The number of ether oxygens (including phenoxy) is 1. The fourth-order valence-electron chi connectivity index (χ4n) is 2.82. The van der Waals surface area contributed by atoms with Gasteiger partial charge in [-0.2, -0.15) is 0 Å². The van der Waals surface area contributed by atoms with Gasteiger partial charge in [-0.25, -0.2) is 0 Å². The van der Waals surface area contributed by atoms with E-state index in [1.54, 1.807) is 0 Å². The average molecular weight is 244 g/mol. The van der Waals surface area contributed by atoms with E-state index in [1.807, 2.05) is 0 Å². The van der Waals surface area contributed by atoms with E-state index in [-0.39, 0.29) is 0 Å². The second-order valence-electron chi connectivity index (χ2n) is 5.17. The molecule has 1 aromatic rings. The summed E-state index contributed by atoms with van der Waals surface area (Å²) in [5, 5.41) is 0. The Morgan fingerprint density at radius 1 is 1.22 bits per heavy atom. The Labute approximate surface area is 111 Å². The van der Waals surface area contributed by atoms with Gasteiger partial charge in [0.1, 0.15) is 0 Å². The lowest BCUT2D eigenvalue weighted by atomic mass is 9.82. The standard InChI is InChI=1S/C17H24O/c1-2-16(17-11-13-18-14-12-17)10-6-9-15-7-4-3-5-8-15/h3-9,16-17H,2,10-14H2,1H3. The highest BCUT2D eigenvalue weighted by molar-refractivity contribution is 5.48. The summed E-state index contributed by atoms with van der Waals surface area (Å²) < 4.78 is 5.45. The Hall–Kier alpha value is -1.08. The molecule has 1 aliphatic rings. The summed E-state index contributed by atoms with van der Waals surface area (Å²) in [6.45, 7) is 4.24. The van der Waals surface area contributed by atoms with Gasteiger partial charge >= 0.3 is 0 Å².